The first-order chi connectivity index (χ1) is 11.4. The van der Waals surface area contributed by atoms with Crippen LogP contribution in [0.25, 0.3) is 0 Å². The van der Waals surface area contributed by atoms with Crippen LogP contribution >= 0.6 is 0 Å². The molecule has 5 rings (SSSR count). The summed E-state index contributed by atoms with van der Waals surface area (Å²) >= 11 is 0. The standard InChI is InChI=1S/C16H23F3O6/c1-8-4-5-10-13(3,20)15(21,16(17,18)19)23-11-14(10)9(8)6-7-12(2,22-11)24-25-14/h8-11,20-21H,4-7H2,1-3H3/t8-,9+,10+,11+,12+,13?,14-,15?/m1/s1. The summed E-state index contributed by atoms with van der Waals surface area (Å²) in [4.78, 5) is 11.1. The summed E-state index contributed by atoms with van der Waals surface area (Å²) < 4.78 is 51.8. The molecule has 2 bridgehead atoms. The number of aliphatic hydroxyl groups is 2. The van der Waals surface area contributed by atoms with Gasteiger partial charge in [0.15, 0.2) is 11.9 Å². The lowest BCUT2D eigenvalue weighted by Crippen LogP contribution is -2.81. The number of fused-ring (bicyclic) bond motifs is 2. The molecule has 25 heavy (non-hydrogen) atoms. The Morgan fingerprint density at radius 2 is 1.68 bits per heavy atom. The third kappa shape index (κ3) is 2.02. The third-order valence-electron chi connectivity index (χ3n) is 6.74. The van der Waals surface area contributed by atoms with Crippen molar-refractivity contribution in [3.05, 3.63) is 0 Å². The van der Waals surface area contributed by atoms with Gasteiger partial charge in [-0.05, 0) is 44.9 Å². The third-order valence-corrected chi connectivity index (χ3v) is 6.74. The summed E-state index contributed by atoms with van der Waals surface area (Å²) in [5.74, 6) is -6.16. The molecular formula is C16H23F3O6. The summed E-state index contributed by atoms with van der Waals surface area (Å²) in [5.41, 5.74) is -4.01. The van der Waals surface area contributed by atoms with E-state index in [1.54, 1.807) is 6.92 Å². The Kier molecular flexibility index (Phi) is 3.50. The van der Waals surface area contributed by atoms with Gasteiger partial charge in [0.2, 0.25) is 5.79 Å². The summed E-state index contributed by atoms with van der Waals surface area (Å²) in [5, 5.41) is 21.2. The molecule has 1 spiro atoms. The van der Waals surface area contributed by atoms with Crippen LogP contribution < -0.4 is 0 Å². The van der Waals surface area contributed by atoms with Crippen molar-refractivity contribution in [3.63, 3.8) is 0 Å². The van der Waals surface area contributed by atoms with Crippen LogP contribution in [0.4, 0.5) is 13.2 Å². The minimum Gasteiger partial charge on any atom is -0.384 e. The Hall–Kier alpha value is -0.450. The summed E-state index contributed by atoms with van der Waals surface area (Å²) in [6, 6.07) is 0. The highest BCUT2D eigenvalue weighted by molar-refractivity contribution is 5.17. The molecule has 8 atom stereocenters. The van der Waals surface area contributed by atoms with Gasteiger partial charge in [-0.25, -0.2) is 9.78 Å². The highest BCUT2D eigenvalue weighted by atomic mass is 19.4. The van der Waals surface area contributed by atoms with E-state index in [-0.39, 0.29) is 18.3 Å². The predicted molar refractivity (Wildman–Crippen MR) is 75.5 cm³/mol. The first-order valence-electron chi connectivity index (χ1n) is 8.61. The van der Waals surface area contributed by atoms with E-state index in [0.29, 0.717) is 19.3 Å². The smallest absolute Gasteiger partial charge is 0.384 e. The van der Waals surface area contributed by atoms with Gasteiger partial charge < -0.3 is 19.7 Å². The van der Waals surface area contributed by atoms with Crippen LogP contribution in [0.5, 0.6) is 0 Å². The first-order valence-corrected chi connectivity index (χ1v) is 8.61. The minimum atomic E-state index is -5.20. The van der Waals surface area contributed by atoms with E-state index in [2.05, 4.69) is 0 Å². The topological polar surface area (TPSA) is 77.4 Å². The lowest BCUT2D eigenvalue weighted by atomic mass is 9.55. The second-order valence-electron chi connectivity index (χ2n) is 8.26. The Balaban J connectivity index is 1.89. The maximum Gasteiger partial charge on any atom is 0.446 e. The monoisotopic (exact) mass is 368 g/mol. The number of ether oxygens (including phenoxy) is 2. The van der Waals surface area contributed by atoms with E-state index in [9.17, 15) is 23.4 Å². The zero-order valence-corrected chi connectivity index (χ0v) is 14.3. The molecule has 4 heterocycles. The quantitative estimate of drug-likeness (QED) is 0.639. The molecule has 4 saturated heterocycles. The van der Waals surface area contributed by atoms with E-state index in [1.165, 1.54) is 0 Å². The van der Waals surface area contributed by atoms with E-state index < -0.39 is 41.2 Å². The normalized spacial score (nSPS) is 58.6. The average Bonchev–Trinajstić information content (AvgIpc) is 2.70. The molecule has 5 aliphatic rings. The predicted octanol–water partition coefficient (Wildman–Crippen LogP) is 2.23. The fourth-order valence-corrected chi connectivity index (χ4v) is 5.29. The highest BCUT2D eigenvalue weighted by Crippen LogP contribution is 2.64. The van der Waals surface area contributed by atoms with E-state index in [1.807, 2.05) is 6.92 Å². The minimum absolute atomic E-state index is 0.128. The van der Waals surface area contributed by atoms with Gasteiger partial charge in [-0.2, -0.15) is 13.2 Å². The number of hydrogen-bond donors (Lipinski definition) is 2. The van der Waals surface area contributed by atoms with Crippen LogP contribution in [-0.2, 0) is 19.2 Å². The van der Waals surface area contributed by atoms with Crippen LogP contribution in [0, 0.1) is 17.8 Å². The Bertz CT molecular complexity index is 583. The lowest BCUT2D eigenvalue weighted by Gasteiger charge is -2.64. The number of halogens is 3. The van der Waals surface area contributed by atoms with Gasteiger partial charge in [-0.1, -0.05) is 6.92 Å². The van der Waals surface area contributed by atoms with Crippen molar-refractivity contribution in [2.24, 2.45) is 17.8 Å². The molecule has 144 valence electrons. The molecule has 0 aromatic carbocycles. The maximum atomic E-state index is 13.7. The van der Waals surface area contributed by atoms with E-state index in [4.69, 9.17) is 19.2 Å². The molecule has 9 heteroatoms. The molecule has 1 saturated carbocycles. The second-order valence-corrected chi connectivity index (χ2v) is 8.26. The molecule has 0 amide bonds. The molecule has 5 fully saturated rings. The van der Waals surface area contributed by atoms with Gasteiger partial charge in [0.05, 0.1) is 0 Å². The van der Waals surface area contributed by atoms with Crippen molar-refractivity contribution in [1.29, 1.82) is 0 Å². The summed E-state index contributed by atoms with van der Waals surface area (Å²) in [6.07, 6.45) is -4.83. The van der Waals surface area contributed by atoms with Crippen LogP contribution in [0.15, 0.2) is 0 Å². The van der Waals surface area contributed by atoms with Crippen molar-refractivity contribution in [2.75, 3.05) is 0 Å². The fraction of sp³-hybridized carbons (Fsp3) is 1.00. The van der Waals surface area contributed by atoms with Gasteiger partial charge in [-0.3, -0.25) is 0 Å². The van der Waals surface area contributed by atoms with Crippen molar-refractivity contribution in [1.82, 2.24) is 0 Å². The van der Waals surface area contributed by atoms with E-state index in [0.717, 1.165) is 6.92 Å². The Morgan fingerprint density at radius 1 is 1.00 bits per heavy atom. The van der Waals surface area contributed by atoms with Crippen LogP contribution in [0.3, 0.4) is 0 Å². The van der Waals surface area contributed by atoms with Crippen molar-refractivity contribution in [3.8, 4) is 0 Å². The Labute approximate surface area is 143 Å². The molecular weight excluding hydrogens is 345 g/mol. The first kappa shape index (κ1) is 17.9. The van der Waals surface area contributed by atoms with Gasteiger partial charge >= 0.3 is 6.18 Å². The van der Waals surface area contributed by atoms with Crippen LogP contribution in [-0.4, -0.2) is 45.5 Å². The molecule has 4 aliphatic heterocycles. The number of rotatable bonds is 0. The van der Waals surface area contributed by atoms with Gasteiger partial charge in [0.1, 0.15) is 5.60 Å². The van der Waals surface area contributed by atoms with Crippen LogP contribution in [0.2, 0.25) is 0 Å². The van der Waals surface area contributed by atoms with Crippen molar-refractivity contribution >= 4 is 0 Å². The maximum absolute atomic E-state index is 13.7. The van der Waals surface area contributed by atoms with Crippen molar-refractivity contribution in [2.45, 2.75) is 81.7 Å². The molecule has 2 N–H and O–H groups in total. The van der Waals surface area contributed by atoms with Crippen LogP contribution in [0.1, 0.15) is 46.5 Å². The van der Waals surface area contributed by atoms with Gasteiger partial charge in [0, 0.05) is 12.3 Å². The number of alkyl halides is 3. The second kappa shape index (κ2) is 4.88. The average molecular weight is 368 g/mol. The Morgan fingerprint density at radius 3 is 2.32 bits per heavy atom. The summed E-state index contributed by atoms with van der Waals surface area (Å²) in [7, 11) is 0. The van der Waals surface area contributed by atoms with Crippen molar-refractivity contribution < 1.29 is 42.6 Å². The molecule has 0 aromatic heterocycles. The molecule has 1 aliphatic carbocycles. The SMILES string of the molecule is C[C@@H]1CC[C@H]2C(C)(O)C(O)(C(F)(F)F)O[C@@H]3O[C@]4(C)CC[C@@H]1[C@]32OO4. The molecule has 0 aromatic rings. The molecule has 6 nitrogen and oxygen atoms in total. The fourth-order valence-electron chi connectivity index (χ4n) is 5.29. The van der Waals surface area contributed by atoms with Gasteiger partial charge in [-0.15, -0.1) is 0 Å². The lowest BCUT2D eigenvalue weighted by molar-refractivity contribution is -0.607. The molecule has 2 unspecified atom stereocenters. The number of hydrogen-bond acceptors (Lipinski definition) is 6. The van der Waals surface area contributed by atoms with E-state index >= 15 is 0 Å². The van der Waals surface area contributed by atoms with Gasteiger partial charge in [0.25, 0.3) is 5.79 Å². The zero-order valence-electron chi connectivity index (χ0n) is 14.3. The summed E-state index contributed by atoms with van der Waals surface area (Å²) in [6.45, 7) is 4.52. The largest absolute Gasteiger partial charge is 0.446 e. The zero-order chi connectivity index (χ0) is 18.5. The molecule has 0 radical (unpaired) electrons. The highest BCUT2D eigenvalue weighted by Gasteiger charge is 2.81.